The van der Waals surface area contributed by atoms with Gasteiger partial charge in [0, 0.05) is 19.3 Å². The van der Waals surface area contributed by atoms with E-state index >= 15 is 0 Å². The fourth-order valence-electron chi connectivity index (χ4n) is 3.47. The summed E-state index contributed by atoms with van der Waals surface area (Å²) in [5.41, 5.74) is 2.44. The van der Waals surface area contributed by atoms with Crippen LogP contribution in [0, 0.1) is 5.92 Å². The van der Waals surface area contributed by atoms with Gasteiger partial charge in [-0.3, -0.25) is 9.69 Å². The Morgan fingerprint density at radius 1 is 1.32 bits per heavy atom. The van der Waals surface area contributed by atoms with Gasteiger partial charge in [0.25, 0.3) is 0 Å². The van der Waals surface area contributed by atoms with Crippen molar-refractivity contribution in [3.63, 3.8) is 0 Å². The van der Waals surface area contributed by atoms with Crippen LogP contribution in [0.5, 0.6) is 0 Å². The molecule has 25 heavy (non-hydrogen) atoms. The van der Waals surface area contributed by atoms with Crippen LogP contribution in [0.4, 0.5) is 0 Å². The van der Waals surface area contributed by atoms with Crippen molar-refractivity contribution < 1.29 is 4.79 Å². The third-order valence-electron chi connectivity index (χ3n) is 4.74. The molecule has 1 amide bonds. The van der Waals surface area contributed by atoms with Crippen molar-refractivity contribution >= 4 is 5.91 Å². The van der Waals surface area contributed by atoms with Crippen molar-refractivity contribution in [1.29, 1.82) is 0 Å². The van der Waals surface area contributed by atoms with Gasteiger partial charge in [-0.1, -0.05) is 44.2 Å². The lowest BCUT2D eigenvalue weighted by Crippen LogP contribution is -2.36. The van der Waals surface area contributed by atoms with Crippen LogP contribution in [0.15, 0.2) is 42.9 Å². The molecular weight excluding hydrogens is 312 g/mol. The first-order valence-corrected chi connectivity index (χ1v) is 9.15. The van der Waals surface area contributed by atoms with E-state index in [1.54, 1.807) is 0 Å². The van der Waals surface area contributed by atoms with Crippen LogP contribution >= 0.6 is 0 Å². The SMILES string of the molecule is CC(C)Cn1cncc1CNC(=O)CN1CC[C@H](c2ccccc2)C1. The molecule has 1 atom stereocenters. The van der Waals surface area contributed by atoms with Crippen molar-refractivity contribution in [2.75, 3.05) is 19.6 Å². The summed E-state index contributed by atoms with van der Waals surface area (Å²) in [5.74, 6) is 1.19. The van der Waals surface area contributed by atoms with Gasteiger partial charge < -0.3 is 9.88 Å². The van der Waals surface area contributed by atoms with Gasteiger partial charge in [0.1, 0.15) is 0 Å². The Bertz CT molecular complexity index is 680. The van der Waals surface area contributed by atoms with Crippen molar-refractivity contribution in [2.45, 2.75) is 39.3 Å². The summed E-state index contributed by atoms with van der Waals surface area (Å²) in [6.07, 6.45) is 4.80. The average molecular weight is 340 g/mol. The second-order valence-electron chi connectivity index (χ2n) is 7.34. The maximum absolute atomic E-state index is 12.3. The Balaban J connectivity index is 1.45. The van der Waals surface area contributed by atoms with Gasteiger partial charge >= 0.3 is 0 Å². The van der Waals surface area contributed by atoms with Gasteiger partial charge in [-0.2, -0.15) is 0 Å². The molecule has 1 aliphatic heterocycles. The molecule has 1 saturated heterocycles. The fourth-order valence-corrected chi connectivity index (χ4v) is 3.47. The minimum atomic E-state index is 0.0889. The molecule has 1 aromatic heterocycles. The Morgan fingerprint density at radius 2 is 2.12 bits per heavy atom. The van der Waals surface area contributed by atoms with Crippen LogP contribution in [0.3, 0.4) is 0 Å². The quantitative estimate of drug-likeness (QED) is 0.843. The Kier molecular flexibility index (Phi) is 5.87. The van der Waals surface area contributed by atoms with Crippen LogP contribution in [0.1, 0.15) is 37.4 Å². The zero-order valence-corrected chi connectivity index (χ0v) is 15.2. The molecular formula is C20H28N4O. The number of carbonyl (C=O) groups excluding carboxylic acids is 1. The Labute approximate surface area is 150 Å². The summed E-state index contributed by atoms with van der Waals surface area (Å²) in [6.45, 7) is 8.25. The third kappa shape index (κ3) is 4.92. The van der Waals surface area contributed by atoms with Crippen LogP contribution in [-0.4, -0.2) is 40.0 Å². The first-order valence-electron chi connectivity index (χ1n) is 9.15. The normalized spacial score (nSPS) is 18.0. The van der Waals surface area contributed by atoms with Gasteiger partial charge in [0.2, 0.25) is 5.91 Å². The highest BCUT2D eigenvalue weighted by Crippen LogP contribution is 2.26. The minimum absolute atomic E-state index is 0.0889. The first-order chi connectivity index (χ1) is 12.1. The molecule has 2 heterocycles. The number of hydrogen-bond donors (Lipinski definition) is 1. The van der Waals surface area contributed by atoms with E-state index in [9.17, 15) is 4.79 Å². The molecule has 0 bridgehead atoms. The number of carbonyl (C=O) groups is 1. The molecule has 1 fully saturated rings. The number of nitrogens with zero attached hydrogens (tertiary/aromatic N) is 3. The van der Waals surface area contributed by atoms with E-state index in [2.05, 4.69) is 57.9 Å². The number of benzene rings is 1. The van der Waals surface area contributed by atoms with E-state index in [1.165, 1.54) is 5.56 Å². The summed E-state index contributed by atoms with van der Waals surface area (Å²) in [7, 11) is 0. The molecule has 2 aromatic rings. The van der Waals surface area contributed by atoms with Crippen molar-refractivity contribution in [2.24, 2.45) is 5.92 Å². The number of aromatic nitrogens is 2. The monoisotopic (exact) mass is 340 g/mol. The van der Waals surface area contributed by atoms with Crippen LogP contribution in [0.25, 0.3) is 0 Å². The van der Waals surface area contributed by atoms with E-state index < -0.39 is 0 Å². The lowest BCUT2D eigenvalue weighted by molar-refractivity contribution is -0.122. The van der Waals surface area contributed by atoms with E-state index in [0.717, 1.165) is 31.7 Å². The number of nitrogens with one attached hydrogen (secondary N) is 1. The second kappa shape index (κ2) is 8.30. The summed E-state index contributed by atoms with van der Waals surface area (Å²) in [5, 5.41) is 3.04. The Morgan fingerprint density at radius 3 is 2.88 bits per heavy atom. The van der Waals surface area contributed by atoms with Gasteiger partial charge in [-0.15, -0.1) is 0 Å². The van der Waals surface area contributed by atoms with Crippen molar-refractivity contribution in [3.05, 3.63) is 54.1 Å². The van der Waals surface area contributed by atoms with Crippen molar-refractivity contribution in [3.8, 4) is 0 Å². The van der Waals surface area contributed by atoms with E-state index in [-0.39, 0.29) is 5.91 Å². The molecule has 0 spiro atoms. The first kappa shape index (κ1) is 17.7. The van der Waals surface area contributed by atoms with E-state index in [0.29, 0.717) is 24.9 Å². The molecule has 1 N–H and O–H groups in total. The van der Waals surface area contributed by atoms with Gasteiger partial charge in [-0.05, 0) is 30.4 Å². The smallest absolute Gasteiger partial charge is 0.234 e. The zero-order valence-electron chi connectivity index (χ0n) is 15.2. The molecule has 0 aliphatic carbocycles. The van der Waals surface area contributed by atoms with Gasteiger partial charge in [-0.25, -0.2) is 4.98 Å². The lowest BCUT2D eigenvalue weighted by atomic mass is 9.99. The van der Waals surface area contributed by atoms with Crippen LogP contribution < -0.4 is 5.32 Å². The molecule has 0 saturated carbocycles. The standard InChI is InChI=1S/C20H28N4O/c1-16(2)12-24-15-21-10-19(24)11-22-20(25)14-23-9-8-18(13-23)17-6-4-3-5-7-17/h3-7,10,15-16,18H,8-9,11-14H2,1-2H3,(H,22,25)/t18-/m0/s1. The number of amides is 1. The maximum Gasteiger partial charge on any atom is 0.234 e. The average Bonchev–Trinajstić information content (AvgIpc) is 3.23. The Hall–Kier alpha value is -2.14. The zero-order chi connectivity index (χ0) is 17.6. The number of rotatable bonds is 7. The highest BCUT2D eigenvalue weighted by Gasteiger charge is 2.25. The van der Waals surface area contributed by atoms with Gasteiger partial charge in [0.15, 0.2) is 0 Å². The summed E-state index contributed by atoms with van der Waals surface area (Å²) >= 11 is 0. The largest absolute Gasteiger partial charge is 0.349 e. The summed E-state index contributed by atoms with van der Waals surface area (Å²) in [4.78, 5) is 18.7. The number of likely N-dealkylation sites (tertiary alicyclic amines) is 1. The highest BCUT2D eigenvalue weighted by molar-refractivity contribution is 5.78. The van der Waals surface area contributed by atoms with Crippen LogP contribution in [0.2, 0.25) is 0 Å². The molecule has 134 valence electrons. The molecule has 0 radical (unpaired) electrons. The summed E-state index contributed by atoms with van der Waals surface area (Å²) < 4.78 is 2.12. The van der Waals surface area contributed by atoms with E-state index in [4.69, 9.17) is 0 Å². The lowest BCUT2D eigenvalue weighted by Gasteiger charge is -2.16. The van der Waals surface area contributed by atoms with Gasteiger partial charge in [0.05, 0.1) is 25.1 Å². The molecule has 1 aromatic carbocycles. The fraction of sp³-hybridized carbons (Fsp3) is 0.500. The number of imidazole rings is 1. The molecule has 1 aliphatic rings. The second-order valence-corrected chi connectivity index (χ2v) is 7.34. The highest BCUT2D eigenvalue weighted by atomic mass is 16.2. The van der Waals surface area contributed by atoms with E-state index in [1.807, 2.05) is 18.6 Å². The molecule has 5 nitrogen and oxygen atoms in total. The third-order valence-corrected chi connectivity index (χ3v) is 4.74. The van der Waals surface area contributed by atoms with Crippen molar-refractivity contribution in [1.82, 2.24) is 19.8 Å². The summed E-state index contributed by atoms with van der Waals surface area (Å²) in [6, 6.07) is 10.6. The minimum Gasteiger partial charge on any atom is -0.349 e. The maximum atomic E-state index is 12.3. The molecule has 5 heteroatoms. The number of hydrogen-bond acceptors (Lipinski definition) is 3. The predicted molar refractivity (Wildman–Crippen MR) is 99.2 cm³/mol. The van der Waals surface area contributed by atoms with Crippen LogP contribution in [-0.2, 0) is 17.9 Å². The molecule has 0 unspecified atom stereocenters. The molecule has 3 rings (SSSR count). The predicted octanol–water partition coefficient (Wildman–Crippen LogP) is 2.64. The topological polar surface area (TPSA) is 50.2 Å².